The first kappa shape index (κ1) is 25.7. The van der Waals surface area contributed by atoms with Gasteiger partial charge in [-0.1, -0.05) is 19.3 Å². The van der Waals surface area contributed by atoms with Crippen LogP contribution in [0.2, 0.25) is 0 Å². The van der Waals surface area contributed by atoms with E-state index in [0.29, 0.717) is 24.5 Å². The largest absolute Gasteiger partial charge is 0.384 e. The fourth-order valence-electron chi connectivity index (χ4n) is 5.63. The van der Waals surface area contributed by atoms with Crippen molar-refractivity contribution in [1.82, 2.24) is 10.3 Å². The Kier molecular flexibility index (Phi) is 8.05. The topological polar surface area (TPSA) is 69.2 Å². The second kappa shape index (κ2) is 11.6. The lowest BCUT2D eigenvalue weighted by atomic mass is 9.82. The fraction of sp³-hybridized carbons (Fsp3) is 0.517. The smallest absolute Gasteiger partial charge is 0.349 e. The van der Waals surface area contributed by atoms with Crippen molar-refractivity contribution < 1.29 is 13.9 Å². The van der Waals surface area contributed by atoms with Crippen LogP contribution in [0, 0.1) is 18.7 Å². The molecule has 2 amide bonds. The molecule has 2 aliphatic heterocycles. The average molecular weight is 508 g/mol. The van der Waals surface area contributed by atoms with E-state index in [1.54, 1.807) is 22.9 Å². The Bertz CT molecular complexity index is 1120. The zero-order valence-corrected chi connectivity index (χ0v) is 21.9. The van der Waals surface area contributed by atoms with E-state index in [1.807, 2.05) is 37.4 Å². The van der Waals surface area contributed by atoms with E-state index in [-0.39, 0.29) is 23.8 Å². The third kappa shape index (κ3) is 5.50. The van der Waals surface area contributed by atoms with Gasteiger partial charge in [0, 0.05) is 43.5 Å². The second-order valence-electron chi connectivity index (χ2n) is 10.3. The molecule has 0 spiro atoms. The summed E-state index contributed by atoms with van der Waals surface area (Å²) in [4.78, 5) is 16.0. The summed E-state index contributed by atoms with van der Waals surface area (Å²) in [7, 11) is 1.92. The normalized spacial score (nSPS) is 19.4. The van der Waals surface area contributed by atoms with Crippen LogP contribution in [0.25, 0.3) is 0 Å². The zero-order chi connectivity index (χ0) is 25.8. The number of aryl methyl sites for hydroxylation is 1. The van der Waals surface area contributed by atoms with Gasteiger partial charge in [0.25, 0.3) is 0 Å². The maximum atomic E-state index is 15.1. The predicted octanol–water partition coefficient (Wildman–Crippen LogP) is 5.80. The summed E-state index contributed by atoms with van der Waals surface area (Å²) in [6, 6.07) is 11.0. The first-order valence-electron chi connectivity index (χ1n) is 13.7. The Hall–Kier alpha value is -2.97. The van der Waals surface area contributed by atoms with Crippen molar-refractivity contribution in [2.75, 3.05) is 43.6 Å². The summed E-state index contributed by atoms with van der Waals surface area (Å²) >= 11 is 0. The first-order valence-corrected chi connectivity index (χ1v) is 13.7. The van der Waals surface area contributed by atoms with Crippen LogP contribution in [0.3, 0.4) is 0 Å². The molecule has 0 atom stereocenters. The maximum Gasteiger partial charge on any atom is 0.349 e. The van der Waals surface area contributed by atoms with E-state index in [9.17, 15) is 4.79 Å². The number of urea groups is 1. The number of anilines is 3. The standard InChI is InChI=1S/C29H38FN5O2/c1-20-18-27-25(19-26(20)30)28(21-6-4-3-5-7-21)33-35(24-12-16-37-17-13-24)29(36)34(27)23-10-8-22(9-11-23)32-15-14-31-2/h8-11,18-19,21,24,31-32H,3-7,12-17H2,1-2H3. The molecule has 2 N–H and O–H groups in total. The molecule has 5 rings (SSSR count). The van der Waals surface area contributed by atoms with Gasteiger partial charge in [-0.05, 0) is 81.6 Å². The van der Waals surface area contributed by atoms with E-state index in [0.717, 1.165) is 74.3 Å². The van der Waals surface area contributed by atoms with Gasteiger partial charge < -0.3 is 15.4 Å². The lowest BCUT2D eigenvalue weighted by Gasteiger charge is -2.33. The average Bonchev–Trinajstić information content (AvgIpc) is 3.05. The highest BCUT2D eigenvalue weighted by atomic mass is 19.1. The van der Waals surface area contributed by atoms with Crippen LogP contribution in [-0.2, 0) is 4.74 Å². The molecule has 3 aliphatic rings. The van der Waals surface area contributed by atoms with Crippen molar-refractivity contribution in [2.24, 2.45) is 11.0 Å². The Morgan fingerprint density at radius 2 is 1.76 bits per heavy atom. The highest BCUT2D eigenvalue weighted by molar-refractivity contribution is 6.14. The number of carbonyl (C=O) groups is 1. The molecule has 8 heteroatoms. The summed E-state index contributed by atoms with van der Waals surface area (Å²) in [6.45, 7) is 4.63. The second-order valence-corrected chi connectivity index (χ2v) is 10.3. The van der Waals surface area contributed by atoms with E-state index in [4.69, 9.17) is 9.84 Å². The number of halogens is 1. The molecule has 198 valence electrons. The third-order valence-corrected chi connectivity index (χ3v) is 7.75. The van der Waals surface area contributed by atoms with Crippen molar-refractivity contribution >= 4 is 28.8 Å². The molecule has 2 fully saturated rings. The molecule has 0 unspecified atom stereocenters. The van der Waals surface area contributed by atoms with E-state index < -0.39 is 0 Å². The van der Waals surface area contributed by atoms with Crippen molar-refractivity contribution in [2.45, 2.75) is 57.9 Å². The van der Waals surface area contributed by atoms with Gasteiger partial charge in [0.05, 0.1) is 23.1 Å². The number of hydrazone groups is 1. The quantitative estimate of drug-likeness (QED) is 0.465. The molecule has 2 aromatic carbocycles. The first-order chi connectivity index (χ1) is 18.1. The summed E-state index contributed by atoms with van der Waals surface area (Å²) in [5.41, 5.74) is 4.53. The molecule has 0 bridgehead atoms. The lowest BCUT2D eigenvalue weighted by molar-refractivity contribution is 0.0480. The predicted molar refractivity (Wildman–Crippen MR) is 146 cm³/mol. The van der Waals surface area contributed by atoms with Crippen LogP contribution >= 0.6 is 0 Å². The molecule has 1 saturated carbocycles. The van der Waals surface area contributed by atoms with Crippen LogP contribution in [0.15, 0.2) is 41.5 Å². The van der Waals surface area contributed by atoms with Crippen LogP contribution < -0.4 is 15.5 Å². The molecule has 7 nitrogen and oxygen atoms in total. The van der Waals surface area contributed by atoms with Gasteiger partial charge in [0.1, 0.15) is 5.82 Å². The number of ether oxygens (including phenoxy) is 1. The number of carbonyl (C=O) groups excluding carboxylic acids is 1. The van der Waals surface area contributed by atoms with Crippen LogP contribution in [0.4, 0.5) is 26.2 Å². The SMILES string of the molecule is CNCCNc1ccc(N2C(=O)N(C3CCOCC3)N=C(C3CCCCC3)c3cc(F)c(C)cc32)cc1. The van der Waals surface area contributed by atoms with Crippen molar-refractivity contribution in [3.8, 4) is 0 Å². The minimum Gasteiger partial charge on any atom is -0.384 e. The molecule has 0 aromatic heterocycles. The number of nitrogens with one attached hydrogen (secondary N) is 2. The Balaban J connectivity index is 1.61. The van der Waals surface area contributed by atoms with Gasteiger partial charge in [-0.15, -0.1) is 0 Å². The van der Waals surface area contributed by atoms with Gasteiger partial charge in [-0.2, -0.15) is 5.10 Å². The van der Waals surface area contributed by atoms with Gasteiger partial charge >= 0.3 is 6.03 Å². The monoisotopic (exact) mass is 507 g/mol. The maximum absolute atomic E-state index is 15.1. The number of benzene rings is 2. The number of rotatable bonds is 7. The number of hydrogen-bond donors (Lipinski definition) is 2. The number of likely N-dealkylation sites (N-methyl/N-ethyl adjacent to an activating group) is 1. The Labute approximate surface area is 219 Å². The summed E-state index contributed by atoms with van der Waals surface area (Å²) < 4.78 is 20.7. The highest BCUT2D eigenvalue weighted by Crippen LogP contribution is 2.40. The van der Waals surface area contributed by atoms with Crippen molar-refractivity contribution in [3.63, 3.8) is 0 Å². The van der Waals surface area contributed by atoms with E-state index >= 15 is 4.39 Å². The molecule has 1 aliphatic carbocycles. The summed E-state index contributed by atoms with van der Waals surface area (Å²) in [5, 5.41) is 13.3. The zero-order valence-electron chi connectivity index (χ0n) is 21.9. The molecule has 1 saturated heterocycles. The Morgan fingerprint density at radius 1 is 1.03 bits per heavy atom. The fourth-order valence-corrected chi connectivity index (χ4v) is 5.63. The minimum atomic E-state index is -0.266. The molecular weight excluding hydrogens is 469 g/mol. The van der Waals surface area contributed by atoms with Crippen molar-refractivity contribution in [1.29, 1.82) is 0 Å². The van der Waals surface area contributed by atoms with E-state index in [1.165, 1.54) is 6.42 Å². The summed E-state index contributed by atoms with van der Waals surface area (Å²) in [5.74, 6) is -0.0540. The molecule has 0 radical (unpaired) electrons. The Morgan fingerprint density at radius 3 is 2.46 bits per heavy atom. The van der Waals surface area contributed by atoms with Gasteiger partial charge in [0.15, 0.2) is 0 Å². The van der Waals surface area contributed by atoms with Crippen LogP contribution in [-0.4, -0.2) is 56.1 Å². The third-order valence-electron chi connectivity index (χ3n) is 7.75. The number of hydrogen-bond acceptors (Lipinski definition) is 5. The molecule has 2 heterocycles. The molecule has 37 heavy (non-hydrogen) atoms. The van der Waals surface area contributed by atoms with E-state index in [2.05, 4.69) is 10.6 Å². The summed E-state index contributed by atoms with van der Waals surface area (Å²) in [6.07, 6.45) is 6.96. The number of nitrogens with zero attached hydrogens (tertiary/aromatic N) is 3. The molecule has 2 aromatic rings. The highest BCUT2D eigenvalue weighted by Gasteiger charge is 2.38. The van der Waals surface area contributed by atoms with Crippen LogP contribution in [0.1, 0.15) is 56.1 Å². The van der Waals surface area contributed by atoms with Gasteiger partial charge in [-0.25, -0.2) is 14.2 Å². The lowest BCUT2D eigenvalue weighted by Crippen LogP contribution is -2.45. The van der Waals surface area contributed by atoms with Gasteiger partial charge in [-0.3, -0.25) is 4.90 Å². The van der Waals surface area contributed by atoms with Crippen LogP contribution in [0.5, 0.6) is 0 Å². The van der Waals surface area contributed by atoms with Gasteiger partial charge in [0.2, 0.25) is 0 Å². The number of amides is 2. The van der Waals surface area contributed by atoms with Crippen molar-refractivity contribution in [3.05, 3.63) is 53.3 Å². The molecular formula is C29H38FN5O2. The number of fused-ring (bicyclic) bond motifs is 1. The minimum absolute atomic E-state index is 0.0509.